The molecule has 0 aliphatic heterocycles. The minimum Gasteiger partial charge on any atom is -0.465 e. The van der Waals surface area contributed by atoms with E-state index in [2.05, 4.69) is 14.8 Å². The molecule has 0 saturated heterocycles. The van der Waals surface area contributed by atoms with Gasteiger partial charge in [0.1, 0.15) is 0 Å². The van der Waals surface area contributed by atoms with Gasteiger partial charge in [0.05, 0.1) is 35.9 Å². The van der Waals surface area contributed by atoms with Gasteiger partial charge in [-0.25, -0.2) is 18.0 Å². The molecule has 3 aromatic rings. The molecule has 0 aliphatic carbocycles. The number of methoxy groups -OCH3 is 2. The molecule has 0 fully saturated rings. The van der Waals surface area contributed by atoms with Crippen LogP contribution in [-0.4, -0.2) is 47.5 Å². The minimum absolute atomic E-state index is 0.0510. The molecular weight excluding hydrogens is 496 g/mol. The third kappa shape index (κ3) is 5.79. The van der Waals surface area contributed by atoms with Crippen molar-refractivity contribution in [1.82, 2.24) is 0 Å². The van der Waals surface area contributed by atoms with Gasteiger partial charge in [0.2, 0.25) is 0 Å². The summed E-state index contributed by atoms with van der Waals surface area (Å²) in [5, 5.41) is 3.02. The van der Waals surface area contributed by atoms with Crippen LogP contribution in [0, 0.1) is 0 Å². The molecule has 182 valence electrons. The van der Waals surface area contributed by atoms with Crippen LogP contribution >= 0.6 is 11.6 Å². The van der Waals surface area contributed by atoms with Crippen LogP contribution in [-0.2, 0) is 19.5 Å². The zero-order valence-corrected chi connectivity index (χ0v) is 20.5. The van der Waals surface area contributed by atoms with Crippen LogP contribution in [0.2, 0.25) is 5.02 Å². The lowest BCUT2D eigenvalue weighted by Gasteiger charge is -2.20. The Morgan fingerprint density at radius 3 is 1.80 bits per heavy atom. The number of anilines is 2. The van der Waals surface area contributed by atoms with Crippen molar-refractivity contribution in [2.24, 2.45) is 0 Å². The Morgan fingerprint density at radius 1 is 0.800 bits per heavy atom. The van der Waals surface area contributed by atoms with Gasteiger partial charge in [-0.2, -0.15) is 0 Å². The highest BCUT2D eigenvalue weighted by Gasteiger charge is 2.22. The average Bonchev–Trinajstić information content (AvgIpc) is 2.87. The smallest absolute Gasteiger partial charge is 0.337 e. The lowest BCUT2D eigenvalue weighted by Crippen LogP contribution is -2.26. The van der Waals surface area contributed by atoms with Crippen LogP contribution in [0.15, 0.2) is 71.6 Å². The van der Waals surface area contributed by atoms with Crippen LogP contribution in [0.5, 0.6) is 0 Å². The van der Waals surface area contributed by atoms with Crippen LogP contribution in [0.3, 0.4) is 0 Å². The zero-order chi connectivity index (χ0) is 25.8. The molecule has 35 heavy (non-hydrogen) atoms. The number of rotatable bonds is 7. The fourth-order valence-electron chi connectivity index (χ4n) is 3.10. The van der Waals surface area contributed by atoms with Crippen LogP contribution in [0.4, 0.5) is 11.4 Å². The number of hydrogen-bond acceptors (Lipinski definition) is 7. The van der Waals surface area contributed by atoms with E-state index in [-0.39, 0.29) is 27.3 Å². The van der Waals surface area contributed by atoms with E-state index in [9.17, 15) is 22.8 Å². The maximum atomic E-state index is 12.9. The molecule has 0 aromatic heterocycles. The summed E-state index contributed by atoms with van der Waals surface area (Å²) in [6.45, 7) is 0. The highest BCUT2D eigenvalue weighted by atomic mass is 35.5. The van der Waals surface area contributed by atoms with Crippen LogP contribution < -0.4 is 9.62 Å². The molecule has 0 unspecified atom stereocenters. The number of halogens is 1. The molecule has 1 amide bonds. The third-order valence-electron chi connectivity index (χ3n) is 5.00. The molecule has 0 aliphatic rings. The molecule has 3 rings (SSSR count). The first-order valence-corrected chi connectivity index (χ1v) is 11.9. The molecule has 0 atom stereocenters. The number of carbonyl (C=O) groups is 3. The van der Waals surface area contributed by atoms with E-state index in [1.54, 1.807) is 0 Å². The lowest BCUT2D eigenvalue weighted by atomic mass is 10.1. The number of benzene rings is 3. The Bertz CT molecular complexity index is 1340. The van der Waals surface area contributed by atoms with Crippen molar-refractivity contribution < 1.29 is 32.3 Å². The summed E-state index contributed by atoms with van der Waals surface area (Å²) >= 11 is 5.83. The fraction of sp³-hybridized carbons (Fsp3) is 0.125. The van der Waals surface area contributed by atoms with Gasteiger partial charge >= 0.3 is 11.9 Å². The minimum atomic E-state index is -3.83. The van der Waals surface area contributed by atoms with E-state index in [0.717, 1.165) is 4.31 Å². The van der Waals surface area contributed by atoms with E-state index in [1.165, 1.54) is 88.0 Å². The summed E-state index contributed by atoms with van der Waals surface area (Å²) in [6.07, 6.45) is 0. The predicted molar refractivity (Wildman–Crippen MR) is 131 cm³/mol. The molecule has 0 saturated carbocycles. The molecule has 1 N–H and O–H groups in total. The van der Waals surface area contributed by atoms with Crippen molar-refractivity contribution in [2.45, 2.75) is 4.90 Å². The van der Waals surface area contributed by atoms with E-state index in [4.69, 9.17) is 11.6 Å². The van der Waals surface area contributed by atoms with Crippen molar-refractivity contribution in [2.75, 3.05) is 30.9 Å². The molecule has 11 heteroatoms. The van der Waals surface area contributed by atoms with Gasteiger partial charge in [0.15, 0.2) is 0 Å². The first-order valence-electron chi connectivity index (χ1n) is 10.0. The van der Waals surface area contributed by atoms with Gasteiger partial charge in [-0.1, -0.05) is 11.6 Å². The summed E-state index contributed by atoms with van der Waals surface area (Å²) in [5.41, 5.74) is 0.821. The van der Waals surface area contributed by atoms with Crippen molar-refractivity contribution >= 4 is 50.8 Å². The fourth-order valence-corrected chi connectivity index (χ4v) is 4.42. The van der Waals surface area contributed by atoms with E-state index in [1.807, 2.05) is 0 Å². The summed E-state index contributed by atoms with van der Waals surface area (Å²) in [6, 6.07) is 15.6. The van der Waals surface area contributed by atoms with Crippen molar-refractivity contribution in [3.8, 4) is 0 Å². The average molecular weight is 517 g/mol. The second-order valence-corrected chi connectivity index (χ2v) is 9.62. The van der Waals surface area contributed by atoms with Gasteiger partial charge in [-0.15, -0.1) is 0 Å². The number of esters is 2. The standard InChI is InChI=1S/C24H21ClN2O7S/c1-27(35(31,32)21-10-6-18(25)7-11-21)20-8-4-15(5-9-20)22(28)26-19-13-16(23(29)33-2)12-17(14-19)24(30)34-3/h4-14H,1-3H3,(H,26,28). The maximum Gasteiger partial charge on any atom is 0.337 e. The summed E-state index contributed by atoms with van der Waals surface area (Å²) in [7, 11) is -0.0572. The van der Waals surface area contributed by atoms with Gasteiger partial charge in [0, 0.05) is 23.3 Å². The van der Waals surface area contributed by atoms with E-state index in [0.29, 0.717) is 10.7 Å². The van der Waals surface area contributed by atoms with Crippen molar-refractivity contribution in [1.29, 1.82) is 0 Å². The number of nitrogens with zero attached hydrogens (tertiary/aromatic N) is 1. The lowest BCUT2D eigenvalue weighted by molar-refractivity contribution is 0.0598. The summed E-state index contributed by atoms with van der Waals surface area (Å²) in [4.78, 5) is 36.7. The molecule has 0 bridgehead atoms. The van der Waals surface area contributed by atoms with E-state index < -0.39 is 27.9 Å². The number of carbonyl (C=O) groups excluding carboxylic acids is 3. The molecular formula is C24H21ClN2O7S. The molecule has 0 heterocycles. The van der Waals surface area contributed by atoms with Crippen LogP contribution in [0.25, 0.3) is 0 Å². The van der Waals surface area contributed by atoms with Gasteiger partial charge in [0.25, 0.3) is 15.9 Å². The Hall–Kier alpha value is -3.89. The highest BCUT2D eigenvalue weighted by molar-refractivity contribution is 7.92. The Balaban J connectivity index is 1.82. The second kappa shape index (κ2) is 10.6. The number of hydrogen-bond donors (Lipinski definition) is 1. The normalized spacial score (nSPS) is 10.9. The first kappa shape index (κ1) is 25.7. The summed E-state index contributed by atoms with van der Waals surface area (Å²) in [5.74, 6) is -1.93. The molecule has 9 nitrogen and oxygen atoms in total. The molecule has 0 radical (unpaired) electrons. The largest absolute Gasteiger partial charge is 0.465 e. The Labute approximate surface area is 207 Å². The molecule has 0 spiro atoms. The number of amides is 1. The molecule has 3 aromatic carbocycles. The number of nitrogens with one attached hydrogen (secondary N) is 1. The van der Waals surface area contributed by atoms with E-state index >= 15 is 0 Å². The van der Waals surface area contributed by atoms with Crippen LogP contribution in [0.1, 0.15) is 31.1 Å². The van der Waals surface area contributed by atoms with Crippen molar-refractivity contribution in [3.63, 3.8) is 0 Å². The Kier molecular flexibility index (Phi) is 7.78. The second-order valence-electron chi connectivity index (χ2n) is 7.21. The predicted octanol–water partition coefficient (Wildman–Crippen LogP) is 3.99. The monoisotopic (exact) mass is 516 g/mol. The third-order valence-corrected chi connectivity index (χ3v) is 7.05. The first-order chi connectivity index (χ1) is 16.6. The van der Waals surface area contributed by atoms with Crippen molar-refractivity contribution in [3.05, 3.63) is 88.4 Å². The SMILES string of the molecule is COC(=O)c1cc(NC(=O)c2ccc(N(C)S(=O)(=O)c3ccc(Cl)cc3)cc2)cc(C(=O)OC)c1. The summed E-state index contributed by atoms with van der Waals surface area (Å²) < 4.78 is 36.2. The number of ether oxygens (including phenoxy) is 2. The van der Waals surface area contributed by atoms with Gasteiger partial charge in [-0.3, -0.25) is 9.10 Å². The number of sulfonamides is 1. The quantitative estimate of drug-likeness (QED) is 0.471. The highest BCUT2D eigenvalue weighted by Crippen LogP contribution is 2.24. The van der Waals surface area contributed by atoms with Gasteiger partial charge in [-0.05, 0) is 66.7 Å². The zero-order valence-electron chi connectivity index (χ0n) is 18.9. The Morgan fingerprint density at radius 2 is 1.31 bits per heavy atom. The van der Waals surface area contributed by atoms with Gasteiger partial charge < -0.3 is 14.8 Å². The topological polar surface area (TPSA) is 119 Å². The maximum absolute atomic E-state index is 12.9.